The van der Waals surface area contributed by atoms with Gasteiger partial charge in [0.05, 0.1) is 13.2 Å². The predicted octanol–water partition coefficient (Wildman–Crippen LogP) is 0.971. The lowest BCUT2D eigenvalue weighted by molar-refractivity contribution is -0.126. The van der Waals surface area contributed by atoms with Crippen LogP contribution in [0.4, 0.5) is 4.79 Å². The molecule has 0 aromatic heterocycles. The summed E-state index contributed by atoms with van der Waals surface area (Å²) in [7, 11) is 2.74. The van der Waals surface area contributed by atoms with Crippen molar-refractivity contribution in [3.63, 3.8) is 0 Å². The summed E-state index contributed by atoms with van der Waals surface area (Å²) in [6.07, 6.45) is -1.00. The van der Waals surface area contributed by atoms with Crippen molar-refractivity contribution in [3.8, 4) is 0 Å². The Bertz CT molecular complexity index is 227. The zero-order chi connectivity index (χ0) is 12.0. The Morgan fingerprint density at radius 1 is 1.13 bits per heavy atom. The van der Waals surface area contributed by atoms with Gasteiger partial charge in [0, 0.05) is 13.0 Å². The largest absolute Gasteiger partial charge is 0.453 e. The van der Waals surface area contributed by atoms with Crippen LogP contribution in [0.3, 0.4) is 0 Å². The van der Waals surface area contributed by atoms with Gasteiger partial charge in [-0.3, -0.25) is 4.79 Å². The molecule has 0 bridgehead atoms. The Morgan fingerprint density at radius 2 is 1.67 bits per heavy atom. The maximum Gasteiger partial charge on any atom is 0.407 e. The number of nitrogens with one attached hydrogen (secondary N) is 1. The Morgan fingerprint density at radius 3 is 2.00 bits per heavy atom. The van der Waals surface area contributed by atoms with E-state index in [1.54, 1.807) is 20.8 Å². The maximum absolute atomic E-state index is 11.7. The highest BCUT2D eigenvalue weighted by molar-refractivity contribution is 5.89. The average Bonchev–Trinajstić information content (AvgIpc) is 2.23. The van der Waals surface area contributed by atoms with E-state index >= 15 is 0 Å². The summed E-state index contributed by atoms with van der Waals surface area (Å²) in [5, 5.41) is 2.46. The molecule has 0 heterocycles. The molecule has 0 aliphatic rings. The van der Waals surface area contributed by atoms with Crippen LogP contribution in [0.5, 0.6) is 0 Å². The molecule has 0 saturated carbocycles. The fourth-order valence-corrected chi connectivity index (χ4v) is 1.10. The van der Waals surface area contributed by atoms with Gasteiger partial charge in [0.25, 0.3) is 0 Å². The first-order chi connectivity index (χ1) is 6.93. The highest BCUT2D eigenvalue weighted by Gasteiger charge is 2.28. The van der Waals surface area contributed by atoms with E-state index in [2.05, 4.69) is 10.1 Å². The second-order valence-corrected chi connectivity index (χ2v) is 3.61. The summed E-state index contributed by atoms with van der Waals surface area (Å²) in [6, 6.07) is -0.664. The molecule has 0 rings (SSSR count). The highest BCUT2D eigenvalue weighted by Crippen LogP contribution is 2.06. The number of carbonyl (C=O) groups is 2. The molecule has 5 nitrogen and oxygen atoms in total. The van der Waals surface area contributed by atoms with E-state index in [1.165, 1.54) is 14.2 Å². The monoisotopic (exact) mass is 217 g/mol. The van der Waals surface area contributed by atoms with Crippen LogP contribution in [0.15, 0.2) is 0 Å². The Labute approximate surface area is 90.1 Å². The van der Waals surface area contributed by atoms with Gasteiger partial charge in [0.1, 0.15) is 6.04 Å². The fourth-order valence-electron chi connectivity index (χ4n) is 1.10. The third kappa shape index (κ3) is 4.29. The average molecular weight is 217 g/mol. The van der Waals surface area contributed by atoms with Gasteiger partial charge in [0.15, 0.2) is 5.78 Å². The lowest BCUT2D eigenvalue weighted by Crippen LogP contribution is -2.49. The number of methoxy groups -OCH3 is 2. The first kappa shape index (κ1) is 13.9. The molecule has 0 aromatic carbocycles. The molecule has 0 saturated heterocycles. The molecular weight excluding hydrogens is 198 g/mol. The summed E-state index contributed by atoms with van der Waals surface area (Å²) < 4.78 is 9.49. The van der Waals surface area contributed by atoms with E-state index in [-0.39, 0.29) is 17.8 Å². The number of rotatable bonds is 5. The topological polar surface area (TPSA) is 64.6 Å². The summed E-state index contributed by atoms with van der Waals surface area (Å²) >= 11 is 0. The van der Waals surface area contributed by atoms with Crippen LogP contribution < -0.4 is 5.32 Å². The minimum absolute atomic E-state index is 0.0743. The molecule has 15 heavy (non-hydrogen) atoms. The lowest BCUT2D eigenvalue weighted by atomic mass is 9.98. The van der Waals surface area contributed by atoms with E-state index < -0.39 is 12.1 Å². The van der Waals surface area contributed by atoms with Gasteiger partial charge in [-0.15, -0.1) is 0 Å². The van der Waals surface area contributed by atoms with Gasteiger partial charge in [-0.2, -0.15) is 0 Å². The summed E-state index contributed by atoms with van der Waals surface area (Å²) in [5.41, 5.74) is 0. The number of carbonyl (C=O) groups excluding carboxylic acids is 2. The van der Waals surface area contributed by atoms with Crippen LogP contribution in [-0.2, 0) is 14.3 Å². The van der Waals surface area contributed by atoms with E-state index in [0.29, 0.717) is 0 Å². The van der Waals surface area contributed by atoms with Gasteiger partial charge in [-0.25, -0.2) is 4.79 Å². The number of hydrogen-bond acceptors (Lipinski definition) is 4. The number of Topliss-reactive ketones (excluding diaryl/α,β-unsaturated/α-hetero) is 1. The van der Waals surface area contributed by atoms with Crippen molar-refractivity contribution in [2.45, 2.75) is 32.9 Å². The van der Waals surface area contributed by atoms with Gasteiger partial charge < -0.3 is 14.8 Å². The third-order valence-corrected chi connectivity index (χ3v) is 2.18. The number of alkyl carbamates (subject to hydrolysis) is 1. The van der Waals surface area contributed by atoms with Crippen molar-refractivity contribution in [2.75, 3.05) is 14.2 Å². The fraction of sp³-hybridized carbons (Fsp3) is 0.800. The molecule has 5 heteroatoms. The van der Waals surface area contributed by atoms with Crippen molar-refractivity contribution >= 4 is 11.9 Å². The predicted molar refractivity (Wildman–Crippen MR) is 55.6 cm³/mol. The van der Waals surface area contributed by atoms with Crippen LogP contribution in [-0.4, -0.2) is 38.2 Å². The van der Waals surface area contributed by atoms with E-state index in [9.17, 15) is 9.59 Å². The number of hydrogen-bond donors (Lipinski definition) is 1. The summed E-state index contributed by atoms with van der Waals surface area (Å²) in [5.74, 6) is -0.237. The van der Waals surface area contributed by atoms with Crippen LogP contribution in [0.2, 0.25) is 0 Å². The molecule has 88 valence electrons. The first-order valence-corrected chi connectivity index (χ1v) is 4.85. The minimum Gasteiger partial charge on any atom is -0.453 e. The van der Waals surface area contributed by atoms with E-state index in [1.807, 2.05) is 0 Å². The van der Waals surface area contributed by atoms with Crippen molar-refractivity contribution in [1.82, 2.24) is 5.32 Å². The summed E-state index contributed by atoms with van der Waals surface area (Å²) in [4.78, 5) is 22.8. The molecular formula is C10H19NO4. The molecule has 1 amide bonds. The number of ketones is 1. The smallest absolute Gasteiger partial charge is 0.407 e. The molecule has 0 aliphatic heterocycles. The molecule has 0 aromatic rings. The summed E-state index contributed by atoms with van der Waals surface area (Å²) in [6.45, 7) is 5.27. The van der Waals surface area contributed by atoms with E-state index in [4.69, 9.17) is 4.74 Å². The number of amides is 1. The van der Waals surface area contributed by atoms with Crippen LogP contribution in [0, 0.1) is 5.92 Å². The molecule has 2 atom stereocenters. The van der Waals surface area contributed by atoms with Crippen molar-refractivity contribution in [1.29, 1.82) is 0 Å². The van der Waals surface area contributed by atoms with Crippen LogP contribution in [0.25, 0.3) is 0 Å². The van der Waals surface area contributed by atoms with Crippen molar-refractivity contribution in [2.24, 2.45) is 5.92 Å². The van der Waals surface area contributed by atoms with Gasteiger partial charge in [-0.05, 0) is 6.92 Å². The van der Waals surface area contributed by atoms with Crippen LogP contribution >= 0.6 is 0 Å². The minimum atomic E-state index is -0.664. The van der Waals surface area contributed by atoms with Gasteiger partial charge >= 0.3 is 6.09 Å². The Balaban J connectivity index is 4.58. The zero-order valence-corrected chi connectivity index (χ0v) is 9.87. The Kier molecular flexibility index (Phi) is 5.93. The quantitative estimate of drug-likeness (QED) is 0.745. The second kappa shape index (κ2) is 6.40. The van der Waals surface area contributed by atoms with Gasteiger partial charge in [0.2, 0.25) is 0 Å². The third-order valence-electron chi connectivity index (χ3n) is 2.18. The SMILES string of the molecule is COC(=O)NC(C(=O)C(C)C)[C@@H](C)OC. The number of ether oxygens (including phenoxy) is 2. The zero-order valence-electron chi connectivity index (χ0n) is 9.87. The molecule has 0 spiro atoms. The van der Waals surface area contributed by atoms with Crippen LogP contribution in [0.1, 0.15) is 20.8 Å². The molecule has 1 unspecified atom stereocenters. The van der Waals surface area contributed by atoms with E-state index in [0.717, 1.165) is 0 Å². The lowest BCUT2D eigenvalue weighted by Gasteiger charge is -2.23. The molecule has 1 N–H and O–H groups in total. The second-order valence-electron chi connectivity index (χ2n) is 3.61. The normalized spacial score (nSPS) is 14.5. The van der Waals surface area contributed by atoms with Gasteiger partial charge in [-0.1, -0.05) is 13.8 Å². The van der Waals surface area contributed by atoms with Crippen molar-refractivity contribution in [3.05, 3.63) is 0 Å². The molecule has 0 radical (unpaired) electrons. The first-order valence-electron chi connectivity index (χ1n) is 4.85. The molecule has 0 aliphatic carbocycles. The van der Waals surface area contributed by atoms with Crippen molar-refractivity contribution < 1.29 is 19.1 Å². The Hall–Kier alpha value is -1.10. The maximum atomic E-state index is 11.7. The standard InChI is InChI=1S/C10H19NO4/c1-6(2)9(12)8(7(3)14-4)11-10(13)15-5/h6-8H,1-5H3,(H,11,13)/t7-,8?/m1/s1. The molecule has 0 fully saturated rings. The highest BCUT2D eigenvalue weighted by atomic mass is 16.5.